The molecule has 0 saturated heterocycles. The van der Waals surface area contributed by atoms with E-state index in [1.165, 1.54) is 6.92 Å². The van der Waals surface area contributed by atoms with Gasteiger partial charge in [0.2, 0.25) is 5.71 Å². The van der Waals surface area contributed by atoms with Gasteiger partial charge in [-0.05, 0) is 49.1 Å². The van der Waals surface area contributed by atoms with E-state index in [4.69, 9.17) is 12.6 Å². The van der Waals surface area contributed by atoms with Crippen LogP contribution >= 0.6 is 0 Å². The average Bonchev–Trinajstić information content (AvgIpc) is 3.28. The molecule has 4 aromatic rings. The summed E-state index contributed by atoms with van der Waals surface area (Å²) in [6.45, 7) is -0.227. The molecular formula is C25H27N3O. The van der Waals surface area contributed by atoms with Gasteiger partial charge in [-0.1, -0.05) is 44.9 Å². The predicted molar refractivity (Wildman–Crippen MR) is 121 cm³/mol. The van der Waals surface area contributed by atoms with E-state index in [0.29, 0.717) is 11.3 Å². The summed E-state index contributed by atoms with van der Waals surface area (Å²) < 4.78 is 54.7. The summed E-state index contributed by atoms with van der Waals surface area (Å²) in [5, 5.41) is 1.85. The quantitative estimate of drug-likeness (QED) is 0.383. The molecule has 148 valence electrons. The Morgan fingerprint density at radius 2 is 1.86 bits per heavy atom. The summed E-state index contributed by atoms with van der Waals surface area (Å²) in [6, 6.07) is 15.6. The van der Waals surface area contributed by atoms with Gasteiger partial charge in [-0.15, -0.1) is 0 Å². The maximum atomic E-state index is 8.08. The van der Waals surface area contributed by atoms with Crippen molar-refractivity contribution in [1.29, 1.82) is 0 Å². The van der Waals surface area contributed by atoms with E-state index in [9.17, 15) is 0 Å². The normalized spacial score (nSPS) is 20.7. The van der Waals surface area contributed by atoms with E-state index in [0.717, 1.165) is 33.4 Å². The summed E-state index contributed by atoms with van der Waals surface area (Å²) in [7, 11) is 0. The molecule has 0 fully saturated rings. The number of rotatable bonds is 2. The second kappa shape index (κ2) is 6.24. The zero-order valence-corrected chi connectivity index (χ0v) is 16.7. The maximum absolute atomic E-state index is 8.08. The molecule has 0 spiro atoms. The van der Waals surface area contributed by atoms with Crippen molar-refractivity contribution in [3.8, 4) is 0 Å². The first-order valence-corrected chi connectivity index (χ1v) is 9.77. The van der Waals surface area contributed by atoms with Crippen molar-refractivity contribution in [3.63, 3.8) is 0 Å². The molecule has 5 rings (SSSR count). The minimum absolute atomic E-state index is 0.161. The van der Waals surface area contributed by atoms with Crippen molar-refractivity contribution >= 4 is 39.1 Å². The van der Waals surface area contributed by atoms with Gasteiger partial charge in [-0.2, -0.15) is 0 Å². The number of aromatic nitrogens is 1. The lowest BCUT2D eigenvalue weighted by Crippen LogP contribution is -2.42. The fourth-order valence-electron chi connectivity index (χ4n) is 4.38. The van der Waals surface area contributed by atoms with Crippen molar-refractivity contribution in [2.45, 2.75) is 40.6 Å². The fourth-order valence-corrected chi connectivity index (χ4v) is 4.38. The Kier molecular flexibility index (Phi) is 2.70. The second-order valence-electron chi connectivity index (χ2n) is 8.02. The van der Waals surface area contributed by atoms with Crippen LogP contribution in [0.1, 0.15) is 41.3 Å². The number of para-hydroxylation sites is 2. The minimum atomic E-state index is -2.68. The van der Waals surface area contributed by atoms with Crippen LogP contribution in [0, 0.1) is 12.3 Å². The smallest absolute Gasteiger partial charge is 0.227 e. The number of hydrogen-bond donors (Lipinski definition) is 0. The van der Waals surface area contributed by atoms with Crippen LogP contribution in [-0.4, -0.2) is 17.7 Å². The standard InChI is InChI=1S/C25H27N3O/c1-16-12-13-18-19-9-8-14-26-24(19)29-23(18)22(16)28-17(2)27(15-25(3,4)5)20-10-6-7-11-21(20)28/h6-14,17H,15H2,1-5H3/t17-/m0/s1/i3D3,4D3. The molecule has 4 nitrogen and oxygen atoms in total. The monoisotopic (exact) mass is 391 g/mol. The number of pyridine rings is 1. The SMILES string of the molecule is [2H]C([2H])([2H])C(C)(CN1c2ccccc2N(c2c(C)ccc3c2oc2ncccc23)[C@H]1C)C([2H])([2H])[2H]. The molecule has 0 bridgehead atoms. The van der Waals surface area contributed by atoms with Gasteiger partial charge < -0.3 is 14.2 Å². The molecule has 3 heterocycles. The number of benzene rings is 2. The molecule has 1 aliphatic heterocycles. The fraction of sp³-hybridized carbons (Fsp3) is 0.320. The Labute approximate surface area is 180 Å². The molecule has 0 amide bonds. The molecule has 29 heavy (non-hydrogen) atoms. The average molecular weight is 392 g/mol. The van der Waals surface area contributed by atoms with E-state index >= 15 is 0 Å². The van der Waals surface area contributed by atoms with E-state index < -0.39 is 19.1 Å². The molecule has 2 aromatic heterocycles. The van der Waals surface area contributed by atoms with Crippen LogP contribution in [0.25, 0.3) is 22.1 Å². The first-order chi connectivity index (χ1) is 16.3. The van der Waals surface area contributed by atoms with E-state index in [-0.39, 0.29) is 12.7 Å². The van der Waals surface area contributed by atoms with Gasteiger partial charge in [0.15, 0.2) is 5.58 Å². The van der Waals surface area contributed by atoms with Crippen molar-refractivity contribution in [2.75, 3.05) is 16.3 Å². The van der Waals surface area contributed by atoms with Crippen molar-refractivity contribution < 1.29 is 12.6 Å². The van der Waals surface area contributed by atoms with Gasteiger partial charge in [0.25, 0.3) is 0 Å². The molecular weight excluding hydrogens is 358 g/mol. The van der Waals surface area contributed by atoms with Crippen molar-refractivity contribution in [1.82, 2.24) is 4.98 Å². The highest BCUT2D eigenvalue weighted by Crippen LogP contribution is 2.48. The first-order valence-electron chi connectivity index (χ1n) is 12.8. The van der Waals surface area contributed by atoms with Crippen molar-refractivity contribution in [3.05, 3.63) is 60.3 Å². The number of anilines is 3. The molecule has 0 radical (unpaired) electrons. The molecule has 2 aromatic carbocycles. The van der Waals surface area contributed by atoms with Gasteiger partial charge >= 0.3 is 0 Å². The van der Waals surface area contributed by atoms with Crippen LogP contribution in [0.15, 0.2) is 59.1 Å². The summed E-state index contributed by atoms with van der Waals surface area (Å²) in [5.41, 5.74) is 2.79. The first kappa shape index (κ1) is 12.5. The number of hydrogen-bond acceptors (Lipinski definition) is 4. The zero-order chi connectivity index (χ0) is 25.3. The van der Waals surface area contributed by atoms with Gasteiger partial charge in [0.05, 0.1) is 17.1 Å². The lowest BCUT2D eigenvalue weighted by molar-refractivity contribution is 0.400. The predicted octanol–water partition coefficient (Wildman–Crippen LogP) is 6.64. The maximum Gasteiger partial charge on any atom is 0.227 e. The van der Waals surface area contributed by atoms with Gasteiger partial charge in [-0.25, -0.2) is 4.98 Å². The summed E-state index contributed by atoms with van der Waals surface area (Å²) in [5.74, 6) is 0. The van der Waals surface area contributed by atoms with Gasteiger partial charge in [0, 0.05) is 31.7 Å². The number of fused-ring (bicyclic) bond motifs is 4. The second-order valence-corrected chi connectivity index (χ2v) is 8.02. The van der Waals surface area contributed by atoms with Crippen LogP contribution in [0.2, 0.25) is 0 Å². The zero-order valence-electron chi connectivity index (χ0n) is 22.7. The lowest BCUT2D eigenvalue weighted by atomic mass is 9.95. The van der Waals surface area contributed by atoms with Crippen LogP contribution in [0.5, 0.6) is 0 Å². The van der Waals surface area contributed by atoms with Crippen LogP contribution in [-0.2, 0) is 0 Å². The lowest BCUT2D eigenvalue weighted by Gasteiger charge is -2.35. The molecule has 0 aliphatic carbocycles. The number of furan rings is 1. The molecule has 0 unspecified atom stereocenters. The highest BCUT2D eigenvalue weighted by Gasteiger charge is 2.37. The third kappa shape index (κ3) is 2.78. The summed E-state index contributed by atoms with van der Waals surface area (Å²) in [6.07, 6.45) is 1.33. The van der Waals surface area contributed by atoms with E-state index in [2.05, 4.69) is 9.88 Å². The van der Waals surface area contributed by atoms with Gasteiger partial charge in [0.1, 0.15) is 6.17 Å². The Bertz CT molecular complexity index is 1410. The largest absolute Gasteiger partial charge is 0.435 e. The Morgan fingerprint density at radius 1 is 1.07 bits per heavy atom. The van der Waals surface area contributed by atoms with E-state index in [1.807, 2.05) is 67.3 Å². The molecule has 1 atom stereocenters. The summed E-state index contributed by atoms with van der Waals surface area (Å²) >= 11 is 0. The third-order valence-corrected chi connectivity index (χ3v) is 5.60. The Balaban J connectivity index is 1.70. The van der Waals surface area contributed by atoms with Crippen LogP contribution in [0.4, 0.5) is 17.1 Å². The number of aryl methyl sites for hydroxylation is 1. The molecule has 1 aliphatic rings. The molecule has 4 heteroatoms. The van der Waals surface area contributed by atoms with Crippen LogP contribution < -0.4 is 9.80 Å². The highest BCUT2D eigenvalue weighted by atomic mass is 16.3. The van der Waals surface area contributed by atoms with Crippen LogP contribution in [0.3, 0.4) is 0 Å². The summed E-state index contributed by atoms with van der Waals surface area (Å²) in [4.78, 5) is 8.36. The molecule has 0 saturated carbocycles. The highest BCUT2D eigenvalue weighted by molar-refractivity contribution is 6.09. The Morgan fingerprint density at radius 3 is 2.66 bits per heavy atom. The number of nitrogens with zero attached hydrogens (tertiary/aromatic N) is 3. The third-order valence-electron chi connectivity index (χ3n) is 5.60. The molecule has 0 N–H and O–H groups in total. The minimum Gasteiger partial charge on any atom is -0.435 e. The van der Waals surface area contributed by atoms with Crippen molar-refractivity contribution in [2.24, 2.45) is 5.41 Å². The van der Waals surface area contributed by atoms with Gasteiger partial charge in [-0.3, -0.25) is 0 Å². The topological polar surface area (TPSA) is 32.5 Å². The Hall–Kier alpha value is -3.01. The van der Waals surface area contributed by atoms with E-state index in [1.54, 1.807) is 6.20 Å².